The van der Waals surface area contributed by atoms with E-state index in [9.17, 15) is 17.6 Å². The van der Waals surface area contributed by atoms with E-state index >= 15 is 0 Å². The van der Waals surface area contributed by atoms with Crippen molar-refractivity contribution in [3.63, 3.8) is 0 Å². The molecule has 1 aliphatic heterocycles. The van der Waals surface area contributed by atoms with E-state index in [1.165, 1.54) is 17.8 Å². The zero-order chi connectivity index (χ0) is 21.9. The number of para-hydroxylation sites is 1. The van der Waals surface area contributed by atoms with E-state index in [2.05, 4.69) is 0 Å². The molecule has 0 saturated heterocycles. The first-order valence-electron chi connectivity index (χ1n) is 9.29. The van der Waals surface area contributed by atoms with Gasteiger partial charge in [-0.25, -0.2) is 13.2 Å². The molecule has 0 bridgehead atoms. The summed E-state index contributed by atoms with van der Waals surface area (Å²) in [6.45, 7) is 2.50. The molecule has 0 fully saturated rings. The molecule has 1 unspecified atom stereocenters. The van der Waals surface area contributed by atoms with Gasteiger partial charge in [0.25, 0.3) is 0 Å². The van der Waals surface area contributed by atoms with Crippen LogP contribution in [0.3, 0.4) is 0 Å². The predicted molar refractivity (Wildman–Crippen MR) is 115 cm³/mol. The van der Waals surface area contributed by atoms with Crippen LogP contribution in [0.15, 0.2) is 64.3 Å². The minimum Gasteiger partial charge on any atom is -0.476 e. The number of benzene rings is 2. The summed E-state index contributed by atoms with van der Waals surface area (Å²) in [6.07, 6.45) is 2.94. The van der Waals surface area contributed by atoms with Crippen molar-refractivity contribution in [1.29, 1.82) is 0 Å². The Morgan fingerprint density at radius 1 is 1.33 bits per heavy atom. The maximum Gasteiger partial charge on any atom is 0.368 e. The number of carboxylic acids is 1. The van der Waals surface area contributed by atoms with Crippen LogP contribution in [-0.2, 0) is 14.6 Å². The molecule has 1 aliphatic rings. The highest BCUT2D eigenvalue weighted by Gasteiger charge is 2.33. The standard InChI is InChI=1S/C21H22FNO5S2/c1-3-14-11-23(15-7-5-4-6-8-15)17-9-19(29-2)18(28-12-16(22)21(24)25)10-20(17)30(26,27)13-14/h4-10,12,14H,3,11,13H2,1-2H3,(H,24,25)/b16-12-. The number of rotatable bonds is 6. The van der Waals surface area contributed by atoms with E-state index in [0.717, 1.165) is 5.69 Å². The van der Waals surface area contributed by atoms with Gasteiger partial charge in [-0.15, -0.1) is 11.8 Å². The molecule has 9 heteroatoms. The predicted octanol–water partition coefficient (Wildman–Crippen LogP) is 4.63. The van der Waals surface area contributed by atoms with Gasteiger partial charge in [0.15, 0.2) is 9.84 Å². The normalized spacial score (nSPS) is 18.4. The summed E-state index contributed by atoms with van der Waals surface area (Å²) >= 11 is 1.29. The first-order valence-corrected chi connectivity index (χ1v) is 12.2. The number of ether oxygens (including phenoxy) is 1. The molecule has 0 spiro atoms. The third kappa shape index (κ3) is 4.62. The molecule has 1 N–H and O–H groups in total. The lowest BCUT2D eigenvalue weighted by molar-refractivity contribution is -0.134. The number of carbonyl (C=O) groups is 1. The van der Waals surface area contributed by atoms with Gasteiger partial charge in [0, 0.05) is 18.3 Å². The quantitative estimate of drug-likeness (QED) is 0.389. The van der Waals surface area contributed by atoms with Gasteiger partial charge in [-0.05, 0) is 30.4 Å². The van der Waals surface area contributed by atoms with Crippen molar-refractivity contribution in [2.24, 2.45) is 5.92 Å². The number of anilines is 2. The van der Waals surface area contributed by atoms with Crippen LogP contribution in [0.2, 0.25) is 0 Å². The number of nitrogens with zero attached hydrogens (tertiary/aromatic N) is 1. The Hall–Kier alpha value is -2.52. The summed E-state index contributed by atoms with van der Waals surface area (Å²) in [5.74, 6) is -3.24. The Labute approximate surface area is 179 Å². The largest absolute Gasteiger partial charge is 0.476 e. The van der Waals surface area contributed by atoms with Crippen LogP contribution < -0.4 is 9.64 Å². The molecule has 0 amide bonds. The van der Waals surface area contributed by atoms with Crippen molar-refractivity contribution in [2.75, 3.05) is 23.5 Å². The highest BCUT2D eigenvalue weighted by Crippen LogP contribution is 2.43. The van der Waals surface area contributed by atoms with Gasteiger partial charge < -0.3 is 14.7 Å². The van der Waals surface area contributed by atoms with Crippen LogP contribution in [0.4, 0.5) is 15.8 Å². The van der Waals surface area contributed by atoms with E-state index in [-0.39, 0.29) is 22.3 Å². The van der Waals surface area contributed by atoms with E-state index < -0.39 is 21.6 Å². The number of thioether (sulfide) groups is 1. The van der Waals surface area contributed by atoms with Gasteiger partial charge in [-0.1, -0.05) is 31.5 Å². The van der Waals surface area contributed by atoms with Gasteiger partial charge in [0.1, 0.15) is 12.0 Å². The second-order valence-corrected chi connectivity index (χ2v) is 9.71. The Morgan fingerprint density at radius 2 is 2.03 bits per heavy atom. The molecule has 0 saturated carbocycles. The van der Waals surface area contributed by atoms with Crippen molar-refractivity contribution >= 4 is 38.9 Å². The molecule has 3 rings (SSSR count). The molecule has 6 nitrogen and oxygen atoms in total. The number of aliphatic carboxylic acids is 1. The van der Waals surface area contributed by atoms with Crippen molar-refractivity contribution in [2.45, 2.75) is 23.1 Å². The molecule has 2 aromatic carbocycles. The Balaban J connectivity index is 2.19. The molecule has 160 valence electrons. The smallest absolute Gasteiger partial charge is 0.368 e. The topological polar surface area (TPSA) is 83.9 Å². The molecule has 0 aliphatic carbocycles. The van der Waals surface area contributed by atoms with Crippen molar-refractivity contribution in [3.8, 4) is 5.75 Å². The maximum absolute atomic E-state index is 13.4. The fraction of sp³-hybridized carbons (Fsp3) is 0.286. The number of fused-ring (bicyclic) bond motifs is 1. The molecule has 30 heavy (non-hydrogen) atoms. The third-order valence-corrected chi connectivity index (χ3v) is 7.57. The second-order valence-electron chi connectivity index (χ2n) is 6.86. The summed E-state index contributed by atoms with van der Waals surface area (Å²) in [6, 6.07) is 12.6. The Kier molecular flexibility index (Phi) is 6.72. The number of hydrogen-bond acceptors (Lipinski definition) is 6. The van der Waals surface area contributed by atoms with Gasteiger partial charge in [0.2, 0.25) is 5.83 Å². The fourth-order valence-electron chi connectivity index (χ4n) is 3.32. The fourth-order valence-corrected chi connectivity index (χ4v) is 5.77. The molecule has 2 aromatic rings. The minimum atomic E-state index is -3.64. The summed E-state index contributed by atoms with van der Waals surface area (Å²) in [5.41, 5.74) is 1.39. The summed E-state index contributed by atoms with van der Waals surface area (Å²) in [7, 11) is -3.64. The van der Waals surface area contributed by atoms with Crippen LogP contribution >= 0.6 is 11.8 Å². The summed E-state index contributed by atoms with van der Waals surface area (Å²) in [4.78, 5) is 13.3. The van der Waals surface area contributed by atoms with Crippen LogP contribution in [0.5, 0.6) is 5.75 Å². The van der Waals surface area contributed by atoms with Crippen molar-refractivity contribution < 1.29 is 27.4 Å². The number of hydrogen-bond donors (Lipinski definition) is 1. The lowest BCUT2D eigenvalue weighted by Gasteiger charge is -2.27. The second kappa shape index (κ2) is 9.09. The van der Waals surface area contributed by atoms with Crippen LogP contribution in [0.1, 0.15) is 13.3 Å². The van der Waals surface area contributed by atoms with Crippen LogP contribution in [-0.4, -0.2) is 38.0 Å². The average Bonchev–Trinajstić information content (AvgIpc) is 2.85. The van der Waals surface area contributed by atoms with E-state index in [1.54, 1.807) is 12.3 Å². The number of carboxylic acid groups (broad SMARTS) is 1. The van der Waals surface area contributed by atoms with Gasteiger partial charge in [-0.2, -0.15) is 4.39 Å². The van der Waals surface area contributed by atoms with E-state index in [1.807, 2.05) is 42.2 Å². The zero-order valence-corrected chi connectivity index (χ0v) is 18.2. The molecule has 0 radical (unpaired) electrons. The van der Waals surface area contributed by atoms with Gasteiger partial charge >= 0.3 is 5.97 Å². The number of halogens is 1. The third-order valence-electron chi connectivity index (χ3n) is 4.91. The summed E-state index contributed by atoms with van der Waals surface area (Å²) < 4.78 is 44.9. The Bertz CT molecular complexity index is 1070. The van der Waals surface area contributed by atoms with Crippen LogP contribution in [0, 0.1) is 5.92 Å². The molecular formula is C21H22FNO5S2. The molecule has 0 aromatic heterocycles. The maximum atomic E-state index is 13.4. The molecule has 1 atom stereocenters. The van der Waals surface area contributed by atoms with E-state index in [0.29, 0.717) is 29.8 Å². The zero-order valence-electron chi connectivity index (χ0n) is 16.5. The van der Waals surface area contributed by atoms with Gasteiger partial charge in [-0.3, -0.25) is 0 Å². The van der Waals surface area contributed by atoms with Gasteiger partial charge in [0.05, 0.1) is 21.2 Å². The highest BCUT2D eigenvalue weighted by molar-refractivity contribution is 7.98. The average molecular weight is 452 g/mol. The lowest BCUT2D eigenvalue weighted by Crippen LogP contribution is -2.25. The van der Waals surface area contributed by atoms with E-state index in [4.69, 9.17) is 9.84 Å². The monoisotopic (exact) mass is 451 g/mol. The lowest BCUT2D eigenvalue weighted by atomic mass is 10.1. The van der Waals surface area contributed by atoms with Crippen molar-refractivity contribution in [1.82, 2.24) is 0 Å². The summed E-state index contributed by atoms with van der Waals surface area (Å²) in [5, 5.41) is 8.68. The number of sulfone groups is 1. The first-order chi connectivity index (χ1) is 14.3. The highest BCUT2D eigenvalue weighted by atomic mass is 32.2. The van der Waals surface area contributed by atoms with Crippen LogP contribution in [0.25, 0.3) is 0 Å². The first kappa shape index (κ1) is 22.2. The SMILES string of the molecule is CCC1CN(c2ccccc2)c2cc(SC)c(O/C=C(\F)C(=O)O)cc2S(=O)(=O)C1. The molecular weight excluding hydrogens is 429 g/mol. The Morgan fingerprint density at radius 3 is 2.63 bits per heavy atom. The molecule has 1 heterocycles. The minimum absolute atomic E-state index is 0.0167. The van der Waals surface area contributed by atoms with Crippen molar-refractivity contribution in [3.05, 3.63) is 54.6 Å².